The first-order valence-corrected chi connectivity index (χ1v) is 6.24. The molecule has 0 saturated carbocycles. The number of nitrogens with one attached hydrogen (secondary N) is 1. The number of amides is 2. The fraction of sp³-hybridized carbons (Fsp3) is 0.385. The van der Waals surface area contributed by atoms with Crippen LogP contribution >= 0.6 is 0 Å². The number of carbonyl (C=O) groups excluding carboxylic acids is 1. The van der Waals surface area contributed by atoms with Crippen molar-refractivity contribution in [2.75, 3.05) is 18.5 Å². The number of halogens is 1. The summed E-state index contributed by atoms with van der Waals surface area (Å²) in [6.45, 7) is 0.336. The molecule has 0 aromatic heterocycles. The van der Waals surface area contributed by atoms with Crippen LogP contribution in [-0.2, 0) is 0 Å². The number of benzene rings is 1. The number of rotatable bonds is 3. The lowest BCUT2D eigenvalue weighted by molar-refractivity contribution is 0.0697. The molecule has 1 atom stereocenters. The van der Waals surface area contributed by atoms with Crippen LogP contribution in [0.2, 0.25) is 0 Å². The highest BCUT2D eigenvalue weighted by Crippen LogP contribution is 2.21. The zero-order chi connectivity index (χ0) is 14.7. The molecule has 0 aliphatic carbocycles. The first kappa shape index (κ1) is 14.3. The molecular formula is C13H15FN2O4. The Kier molecular flexibility index (Phi) is 4.19. The van der Waals surface area contributed by atoms with E-state index in [4.69, 9.17) is 10.2 Å². The van der Waals surface area contributed by atoms with Crippen molar-refractivity contribution in [3.63, 3.8) is 0 Å². The summed E-state index contributed by atoms with van der Waals surface area (Å²) in [7, 11) is 0. The maximum Gasteiger partial charge on any atom is 0.335 e. The van der Waals surface area contributed by atoms with Gasteiger partial charge in [-0.1, -0.05) is 0 Å². The summed E-state index contributed by atoms with van der Waals surface area (Å²) in [5, 5.41) is 20.3. The van der Waals surface area contributed by atoms with Crippen molar-refractivity contribution in [1.29, 1.82) is 0 Å². The third kappa shape index (κ3) is 2.88. The van der Waals surface area contributed by atoms with E-state index in [0.717, 1.165) is 24.6 Å². The zero-order valence-electron chi connectivity index (χ0n) is 10.7. The number of aliphatic hydroxyl groups is 1. The summed E-state index contributed by atoms with van der Waals surface area (Å²) in [5.41, 5.74) is -0.291. The first-order valence-electron chi connectivity index (χ1n) is 6.24. The van der Waals surface area contributed by atoms with E-state index < -0.39 is 17.8 Å². The number of carboxylic acids is 1. The van der Waals surface area contributed by atoms with Crippen LogP contribution in [0.3, 0.4) is 0 Å². The standard InChI is InChI=1S/C13H15FN2O4/c14-10-4-3-8(12(18)19)6-11(10)15-13(20)16-5-1-2-9(16)7-17/h3-4,6,9,17H,1-2,5,7H2,(H,15,20)(H,18,19). The lowest BCUT2D eigenvalue weighted by Gasteiger charge is -2.23. The van der Waals surface area contributed by atoms with Gasteiger partial charge in [-0.2, -0.15) is 0 Å². The van der Waals surface area contributed by atoms with Gasteiger partial charge in [0.05, 0.1) is 23.9 Å². The predicted molar refractivity (Wildman–Crippen MR) is 69.2 cm³/mol. The molecular weight excluding hydrogens is 267 g/mol. The number of carbonyl (C=O) groups is 2. The molecule has 1 aromatic rings. The van der Waals surface area contributed by atoms with Crippen LogP contribution in [0.5, 0.6) is 0 Å². The van der Waals surface area contributed by atoms with Gasteiger partial charge < -0.3 is 20.4 Å². The van der Waals surface area contributed by atoms with E-state index in [1.54, 1.807) is 0 Å². The van der Waals surface area contributed by atoms with Crippen LogP contribution in [0.25, 0.3) is 0 Å². The van der Waals surface area contributed by atoms with Gasteiger partial charge in [0.15, 0.2) is 0 Å². The Balaban J connectivity index is 2.15. The summed E-state index contributed by atoms with van der Waals surface area (Å²) in [4.78, 5) is 24.3. The maximum absolute atomic E-state index is 13.6. The molecule has 1 heterocycles. The quantitative estimate of drug-likeness (QED) is 0.784. The number of nitrogens with zero attached hydrogens (tertiary/aromatic N) is 1. The Morgan fingerprint density at radius 2 is 2.20 bits per heavy atom. The second kappa shape index (κ2) is 5.87. The number of carboxylic acid groups (broad SMARTS) is 1. The van der Waals surface area contributed by atoms with Crippen molar-refractivity contribution in [3.05, 3.63) is 29.6 Å². The van der Waals surface area contributed by atoms with E-state index in [1.807, 2.05) is 0 Å². The van der Waals surface area contributed by atoms with Gasteiger partial charge in [-0.3, -0.25) is 0 Å². The van der Waals surface area contributed by atoms with E-state index in [9.17, 15) is 14.0 Å². The smallest absolute Gasteiger partial charge is 0.335 e. The van der Waals surface area contributed by atoms with Crippen LogP contribution in [0.15, 0.2) is 18.2 Å². The normalized spacial score (nSPS) is 18.1. The molecule has 108 valence electrons. The van der Waals surface area contributed by atoms with Crippen LogP contribution in [0, 0.1) is 5.82 Å². The predicted octanol–water partition coefficient (Wildman–Crippen LogP) is 1.51. The number of hydrogen-bond acceptors (Lipinski definition) is 3. The first-order chi connectivity index (χ1) is 9.52. The fourth-order valence-electron chi connectivity index (χ4n) is 2.23. The molecule has 20 heavy (non-hydrogen) atoms. The van der Waals surface area contributed by atoms with E-state index in [2.05, 4.69) is 5.32 Å². The van der Waals surface area contributed by atoms with Crippen molar-refractivity contribution in [3.8, 4) is 0 Å². The van der Waals surface area contributed by atoms with Crippen LogP contribution in [0.1, 0.15) is 23.2 Å². The van der Waals surface area contributed by atoms with Crippen molar-refractivity contribution >= 4 is 17.7 Å². The largest absolute Gasteiger partial charge is 0.478 e. The number of hydrogen-bond donors (Lipinski definition) is 3. The van der Waals surface area contributed by atoms with Gasteiger partial charge in [-0.25, -0.2) is 14.0 Å². The average Bonchev–Trinajstić information content (AvgIpc) is 2.89. The molecule has 0 bridgehead atoms. The van der Waals surface area contributed by atoms with Gasteiger partial charge >= 0.3 is 12.0 Å². The number of aliphatic hydroxyl groups excluding tert-OH is 1. The average molecular weight is 282 g/mol. The van der Waals surface area contributed by atoms with Crippen LogP contribution in [0.4, 0.5) is 14.9 Å². The summed E-state index contributed by atoms with van der Waals surface area (Å²) >= 11 is 0. The lowest BCUT2D eigenvalue weighted by atomic mass is 10.2. The lowest BCUT2D eigenvalue weighted by Crippen LogP contribution is -2.40. The van der Waals surface area contributed by atoms with Gasteiger partial charge in [-0.05, 0) is 31.0 Å². The van der Waals surface area contributed by atoms with E-state index >= 15 is 0 Å². The Morgan fingerprint density at radius 1 is 1.45 bits per heavy atom. The van der Waals surface area contributed by atoms with Crippen molar-refractivity contribution in [1.82, 2.24) is 4.90 Å². The molecule has 1 fully saturated rings. The van der Waals surface area contributed by atoms with Crippen molar-refractivity contribution in [2.24, 2.45) is 0 Å². The summed E-state index contributed by atoms with van der Waals surface area (Å²) in [5.74, 6) is -1.90. The SMILES string of the molecule is O=C(O)c1ccc(F)c(NC(=O)N2CCCC2CO)c1. The highest BCUT2D eigenvalue weighted by atomic mass is 19.1. The monoisotopic (exact) mass is 282 g/mol. The van der Waals surface area contributed by atoms with E-state index in [-0.39, 0.29) is 23.9 Å². The number of aromatic carboxylic acids is 1. The molecule has 1 aromatic carbocycles. The maximum atomic E-state index is 13.6. The molecule has 1 unspecified atom stereocenters. The third-order valence-corrected chi connectivity index (χ3v) is 3.30. The second-order valence-electron chi connectivity index (χ2n) is 4.60. The highest BCUT2D eigenvalue weighted by molar-refractivity contribution is 5.93. The Bertz CT molecular complexity index is 535. The molecule has 1 aliphatic heterocycles. The molecule has 2 rings (SSSR count). The minimum Gasteiger partial charge on any atom is -0.478 e. The molecule has 0 spiro atoms. The Labute approximate surface area is 114 Å². The summed E-state index contributed by atoms with van der Waals surface area (Å²) < 4.78 is 13.6. The second-order valence-corrected chi connectivity index (χ2v) is 4.60. The molecule has 0 radical (unpaired) electrons. The van der Waals surface area contributed by atoms with Gasteiger partial charge in [0.25, 0.3) is 0 Å². The van der Waals surface area contributed by atoms with Crippen LogP contribution < -0.4 is 5.32 Å². The fourth-order valence-corrected chi connectivity index (χ4v) is 2.23. The number of likely N-dealkylation sites (tertiary alicyclic amines) is 1. The molecule has 2 amide bonds. The van der Waals surface area contributed by atoms with Gasteiger partial charge in [0.1, 0.15) is 5.82 Å². The van der Waals surface area contributed by atoms with Gasteiger partial charge in [-0.15, -0.1) is 0 Å². The Hall–Kier alpha value is -2.15. The molecule has 1 aliphatic rings. The Morgan fingerprint density at radius 3 is 2.85 bits per heavy atom. The van der Waals surface area contributed by atoms with Gasteiger partial charge in [0.2, 0.25) is 0 Å². The highest BCUT2D eigenvalue weighted by Gasteiger charge is 2.28. The summed E-state index contributed by atoms with van der Waals surface area (Å²) in [6, 6.07) is 2.37. The third-order valence-electron chi connectivity index (χ3n) is 3.30. The minimum absolute atomic E-state index is 0.109. The minimum atomic E-state index is -1.20. The molecule has 6 nitrogen and oxygen atoms in total. The topological polar surface area (TPSA) is 89.9 Å². The molecule has 3 N–H and O–H groups in total. The zero-order valence-corrected chi connectivity index (χ0v) is 10.7. The van der Waals surface area contributed by atoms with Crippen molar-refractivity contribution < 1.29 is 24.2 Å². The molecule has 1 saturated heterocycles. The van der Waals surface area contributed by atoms with Crippen LogP contribution in [-0.4, -0.2) is 46.3 Å². The van der Waals surface area contributed by atoms with Gasteiger partial charge in [0, 0.05) is 6.54 Å². The van der Waals surface area contributed by atoms with E-state index in [0.29, 0.717) is 13.0 Å². The van der Waals surface area contributed by atoms with Crippen molar-refractivity contribution in [2.45, 2.75) is 18.9 Å². The summed E-state index contributed by atoms with van der Waals surface area (Å²) in [6.07, 6.45) is 1.47. The van der Waals surface area contributed by atoms with E-state index in [1.165, 1.54) is 4.90 Å². The number of anilines is 1. The number of urea groups is 1. The molecule has 7 heteroatoms.